The van der Waals surface area contributed by atoms with Crippen molar-refractivity contribution in [2.45, 2.75) is 0 Å². The summed E-state index contributed by atoms with van der Waals surface area (Å²) in [5.41, 5.74) is 0. The van der Waals surface area contributed by atoms with Gasteiger partial charge in [0.25, 0.3) is 0 Å². The molecular weight excluding hydrogens is 504 g/mol. The van der Waals surface area contributed by atoms with Crippen LogP contribution in [0.15, 0.2) is 0 Å². The zero-order chi connectivity index (χ0) is 20.6. The van der Waals surface area contributed by atoms with Crippen LogP contribution in [-0.2, 0) is 38.4 Å². The van der Waals surface area contributed by atoms with Crippen molar-refractivity contribution < 1.29 is 241 Å². The first-order chi connectivity index (χ1) is 10.6. The molecule has 152 valence electrons. The number of hydrogen-bond acceptors (Lipinski definition) is 14. The van der Waals surface area contributed by atoms with Crippen molar-refractivity contribution in [3.63, 3.8) is 0 Å². The molecular formula is C8H10K2N2Na2O16. The van der Waals surface area contributed by atoms with Crippen molar-refractivity contribution in [2.24, 2.45) is 0 Å². The summed E-state index contributed by atoms with van der Waals surface area (Å²) in [7, 11) is 0. The monoisotopic (exact) mass is 514 g/mol. The number of aliphatic carboxylic acids is 8. The Labute approximate surface area is 295 Å². The van der Waals surface area contributed by atoms with Gasteiger partial charge >= 0.3 is 186 Å². The van der Waals surface area contributed by atoms with E-state index in [9.17, 15) is 0 Å². The number of carboxylic acid groups (broad SMARTS) is 8. The molecule has 0 bridgehead atoms. The molecule has 30 heavy (non-hydrogen) atoms. The minimum atomic E-state index is -2.19. The van der Waals surface area contributed by atoms with Crippen LogP contribution in [0.2, 0.25) is 0 Å². The SMILES string of the molecule is N.N.O=C(O)C(=O)O.O=C(O)C(=O)O.O=C([O-])C(=O)[O-].O=C([O-])C(=O)[O-].[K+].[K+].[Na+].[Na+]. The maximum Gasteiger partial charge on any atom is 1.00 e. The second-order valence-corrected chi connectivity index (χ2v) is 2.37. The second kappa shape index (κ2) is 40.3. The van der Waals surface area contributed by atoms with E-state index in [1.807, 2.05) is 0 Å². The quantitative estimate of drug-likeness (QED) is 0.129. The van der Waals surface area contributed by atoms with Crippen LogP contribution in [0.4, 0.5) is 0 Å². The molecule has 0 aromatic rings. The molecule has 0 aromatic carbocycles. The van der Waals surface area contributed by atoms with Crippen LogP contribution in [-0.4, -0.2) is 68.2 Å². The topological polar surface area (TPSA) is 380 Å². The fourth-order valence-electron chi connectivity index (χ4n) is 0. The van der Waals surface area contributed by atoms with Gasteiger partial charge in [-0.25, -0.2) is 19.2 Å². The van der Waals surface area contributed by atoms with E-state index >= 15 is 0 Å². The average Bonchev–Trinajstić information content (AvgIpc) is 2.40. The maximum absolute atomic E-state index is 9.10. The molecule has 0 aliphatic heterocycles. The van der Waals surface area contributed by atoms with E-state index in [4.69, 9.17) is 79.2 Å². The molecule has 0 rings (SSSR count). The van der Waals surface area contributed by atoms with Crippen LogP contribution < -0.4 is 195 Å². The smallest absolute Gasteiger partial charge is 0.543 e. The third-order valence-corrected chi connectivity index (χ3v) is 0.699. The number of carbonyl (C=O) groups excluding carboxylic acids is 4. The fourth-order valence-corrected chi connectivity index (χ4v) is 0. The van der Waals surface area contributed by atoms with Crippen molar-refractivity contribution >= 4 is 47.8 Å². The number of carboxylic acids is 8. The molecule has 0 aliphatic rings. The van der Waals surface area contributed by atoms with Gasteiger partial charge < -0.3 is 72.3 Å². The minimum absolute atomic E-state index is 0. The van der Waals surface area contributed by atoms with Gasteiger partial charge in [-0.15, -0.1) is 0 Å². The van der Waals surface area contributed by atoms with Crippen LogP contribution in [0.1, 0.15) is 0 Å². The van der Waals surface area contributed by atoms with Gasteiger partial charge in [0.15, 0.2) is 0 Å². The second-order valence-electron chi connectivity index (χ2n) is 2.37. The molecule has 0 radical (unpaired) electrons. The third-order valence-electron chi connectivity index (χ3n) is 0.699. The summed E-state index contributed by atoms with van der Waals surface area (Å²) in [6, 6.07) is 0. The molecule has 0 aliphatic carbocycles. The summed E-state index contributed by atoms with van der Waals surface area (Å²) in [5.74, 6) is -16.0. The Bertz CT molecular complexity index is 413. The van der Waals surface area contributed by atoms with Crippen LogP contribution >= 0.6 is 0 Å². The number of hydrogen-bond donors (Lipinski definition) is 6. The summed E-state index contributed by atoms with van der Waals surface area (Å²) in [6.45, 7) is 0. The maximum atomic E-state index is 9.10. The van der Waals surface area contributed by atoms with Crippen molar-refractivity contribution in [2.75, 3.05) is 0 Å². The molecule has 10 N–H and O–H groups in total. The zero-order valence-corrected chi connectivity index (χ0v) is 26.3. The molecule has 0 amide bonds. The molecule has 0 aromatic heterocycles. The van der Waals surface area contributed by atoms with E-state index in [2.05, 4.69) is 0 Å². The van der Waals surface area contributed by atoms with Crippen molar-refractivity contribution in [1.29, 1.82) is 0 Å². The molecule has 0 atom stereocenters. The molecule has 0 unspecified atom stereocenters. The minimum Gasteiger partial charge on any atom is -0.543 e. The number of rotatable bonds is 0. The summed E-state index contributed by atoms with van der Waals surface area (Å²) in [5, 5.41) is 65.3. The Morgan fingerprint density at radius 3 is 0.467 bits per heavy atom. The van der Waals surface area contributed by atoms with Crippen LogP contribution in [0.3, 0.4) is 0 Å². The number of carbonyl (C=O) groups is 8. The normalized spacial score (nSPS) is 5.87. The van der Waals surface area contributed by atoms with Gasteiger partial charge in [0.05, 0.1) is 23.9 Å². The van der Waals surface area contributed by atoms with Crippen LogP contribution in [0, 0.1) is 0 Å². The van der Waals surface area contributed by atoms with Gasteiger partial charge in [0, 0.05) is 0 Å². The molecule has 0 saturated carbocycles. The predicted molar refractivity (Wildman–Crippen MR) is 60.6 cm³/mol. The Kier molecular flexibility index (Phi) is 85.0. The molecule has 0 spiro atoms. The van der Waals surface area contributed by atoms with Gasteiger partial charge in [-0.1, -0.05) is 0 Å². The molecule has 22 heteroatoms. The Balaban J connectivity index is -0.0000000208. The molecule has 18 nitrogen and oxygen atoms in total. The van der Waals surface area contributed by atoms with Gasteiger partial charge in [0.2, 0.25) is 0 Å². The van der Waals surface area contributed by atoms with Gasteiger partial charge in [-0.05, 0) is 0 Å². The van der Waals surface area contributed by atoms with Crippen molar-refractivity contribution in [3.8, 4) is 0 Å². The first-order valence-electron chi connectivity index (χ1n) is 4.34. The van der Waals surface area contributed by atoms with Crippen molar-refractivity contribution in [1.82, 2.24) is 12.3 Å². The van der Waals surface area contributed by atoms with E-state index in [1.165, 1.54) is 0 Å². The first kappa shape index (κ1) is 63.3. The van der Waals surface area contributed by atoms with E-state index in [0.29, 0.717) is 0 Å². The Morgan fingerprint density at radius 1 is 0.400 bits per heavy atom. The standard InChI is InChI=1S/4C2H2O4.2K.2H3N.2Na/c4*3-1(4)2(5)6;;;;;;/h4*(H,3,4)(H,5,6);;;2*1H3;;/q;;;;2*+1;;;2*+1/p-4. The van der Waals surface area contributed by atoms with Gasteiger partial charge in [0.1, 0.15) is 0 Å². The zero-order valence-electron chi connectivity index (χ0n) is 16.1. The van der Waals surface area contributed by atoms with Crippen molar-refractivity contribution in [3.05, 3.63) is 0 Å². The molecule has 0 saturated heterocycles. The predicted octanol–water partition coefficient (Wildman–Crippen LogP) is -20.4. The van der Waals surface area contributed by atoms with Gasteiger partial charge in [-0.2, -0.15) is 0 Å². The summed E-state index contributed by atoms with van der Waals surface area (Å²) < 4.78 is 0. The van der Waals surface area contributed by atoms with Gasteiger partial charge in [-0.3, -0.25) is 0 Å². The summed E-state index contributed by atoms with van der Waals surface area (Å²) >= 11 is 0. The van der Waals surface area contributed by atoms with Crippen LogP contribution in [0.25, 0.3) is 0 Å². The van der Waals surface area contributed by atoms with E-state index in [-0.39, 0.29) is 174 Å². The first-order valence-corrected chi connectivity index (χ1v) is 4.34. The van der Waals surface area contributed by atoms with E-state index < -0.39 is 47.8 Å². The average molecular weight is 514 g/mol. The van der Waals surface area contributed by atoms with E-state index in [1.54, 1.807) is 0 Å². The largest absolute Gasteiger partial charge is 1.00 e. The third kappa shape index (κ3) is 78.7. The molecule has 0 fully saturated rings. The summed E-state index contributed by atoms with van der Waals surface area (Å²) in [4.78, 5) is 72.1. The Morgan fingerprint density at radius 2 is 0.467 bits per heavy atom. The summed E-state index contributed by atoms with van der Waals surface area (Å²) in [6.07, 6.45) is 0. The van der Waals surface area contributed by atoms with E-state index in [0.717, 1.165) is 0 Å². The fraction of sp³-hybridized carbons (Fsp3) is 0. The molecule has 0 heterocycles. The van der Waals surface area contributed by atoms with Crippen LogP contribution in [0.5, 0.6) is 0 Å². The Hall–Kier alpha value is 0.953.